The number of fused-ring (bicyclic) bond motifs is 25. The van der Waals surface area contributed by atoms with Crippen LogP contribution in [0.25, 0.3) is 0 Å². The van der Waals surface area contributed by atoms with E-state index in [4.69, 9.17) is 28.4 Å². The largest absolute Gasteiger partial charge is 0.381 e. The maximum atomic E-state index is 6.46. The Hall–Kier alpha value is -0.320. The first-order valence-corrected chi connectivity index (χ1v) is 16.8. The van der Waals surface area contributed by atoms with Gasteiger partial charge in [-0.25, -0.2) is 0 Å². The van der Waals surface area contributed by atoms with Crippen molar-refractivity contribution in [1.82, 2.24) is 9.80 Å². The van der Waals surface area contributed by atoms with Gasteiger partial charge in [0.05, 0.1) is 59.0 Å². The minimum absolute atomic E-state index is 0.356. The summed E-state index contributed by atoms with van der Waals surface area (Å²) in [7, 11) is 0. The fourth-order valence-corrected chi connectivity index (χ4v) is 5.35. The maximum Gasteiger partial charge on any atom is 0.0701 e. The summed E-state index contributed by atoms with van der Waals surface area (Å²) in [6.07, 6.45) is 16.7. The van der Waals surface area contributed by atoms with E-state index in [1.807, 2.05) is 0 Å². The summed E-state index contributed by atoms with van der Waals surface area (Å²) in [5.41, 5.74) is 0. The van der Waals surface area contributed by atoms with Crippen molar-refractivity contribution in [1.29, 1.82) is 0 Å². The van der Waals surface area contributed by atoms with E-state index >= 15 is 0 Å². The Morgan fingerprint density at radius 1 is 0.450 bits per heavy atom. The molecule has 3 heterocycles. The van der Waals surface area contributed by atoms with Crippen molar-refractivity contribution in [2.45, 2.75) is 96.5 Å². The molecule has 8 heteroatoms. The smallest absolute Gasteiger partial charge is 0.0701 e. The van der Waals surface area contributed by atoms with Crippen molar-refractivity contribution in [2.24, 2.45) is 0 Å². The normalized spacial score (nSPS) is 27.1. The molecule has 40 heavy (non-hydrogen) atoms. The molecule has 0 aromatic heterocycles. The van der Waals surface area contributed by atoms with E-state index in [1.54, 1.807) is 0 Å². The van der Waals surface area contributed by atoms with Crippen LogP contribution >= 0.6 is 0 Å². The van der Waals surface area contributed by atoms with Gasteiger partial charge in [0.25, 0.3) is 0 Å². The van der Waals surface area contributed by atoms with E-state index in [9.17, 15) is 0 Å². The minimum Gasteiger partial charge on any atom is -0.381 e. The Balaban J connectivity index is 1.84. The highest BCUT2D eigenvalue weighted by atomic mass is 16.5. The average Bonchev–Trinajstić information content (AvgIpc) is 2.96. The Morgan fingerprint density at radius 2 is 0.900 bits per heavy atom. The standard InChI is InChI=1S/C32H64N2O6/c1-2-3-4-5-6-7-8-9-13-32-14-10-21-35-22-11-15-33-17-24-36-28-30-38-26-19-34(16-12-23-40-32)20-27-39-31-29-37-25-18-33/h32H,2-31H2,1H3. The fraction of sp³-hybridized carbons (Fsp3) is 1.00. The highest BCUT2D eigenvalue weighted by Gasteiger charge is 2.12. The lowest BCUT2D eigenvalue weighted by Crippen LogP contribution is -2.34. The van der Waals surface area contributed by atoms with Crippen LogP contribution in [-0.4, -0.2) is 128 Å². The zero-order valence-corrected chi connectivity index (χ0v) is 26.1. The molecule has 238 valence electrons. The van der Waals surface area contributed by atoms with Crippen molar-refractivity contribution in [2.75, 3.05) is 112 Å². The third-order valence-corrected chi connectivity index (χ3v) is 7.88. The van der Waals surface area contributed by atoms with Crippen molar-refractivity contribution >= 4 is 0 Å². The molecule has 0 amide bonds. The fourth-order valence-electron chi connectivity index (χ4n) is 5.35. The summed E-state index contributed by atoms with van der Waals surface area (Å²) in [6.45, 7) is 15.8. The Bertz CT molecular complexity index is 510. The van der Waals surface area contributed by atoms with Gasteiger partial charge in [0.1, 0.15) is 0 Å². The molecule has 1 unspecified atom stereocenters. The van der Waals surface area contributed by atoms with E-state index in [2.05, 4.69) is 16.7 Å². The van der Waals surface area contributed by atoms with E-state index in [0.717, 1.165) is 111 Å². The van der Waals surface area contributed by atoms with Crippen LogP contribution in [0, 0.1) is 0 Å². The second-order valence-electron chi connectivity index (χ2n) is 11.4. The average molecular weight is 573 g/mol. The first-order valence-electron chi connectivity index (χ1n) is 16.8. The molecule has 0 spiro atoms. The zero-order valence-electron chi connectivity index (χ0n) is 26.1. The summed E-state index contributed by atoms with van der Waals surface area (Å²) in [6, 6.07) is 0. The van der Waals surface area contributed by atoms with Crippen LogP contribution in [0.15, 0.2) is 0 Å². The summed E-state index contributed by atoms with van der Waals surface area (Å²) >= 11 is 0. The molecular formula is C32H64N2O6. The van der Waals surface area contributed by atoms with Gasteiger partial charge >= 0.3 is 0 Å². The van der Waals surface area contributed by atoms with Crippen LogP contribution in [0.1, 0.15) is 90.4 Å². The van der Waals surface area contributed by atoms with Gasteiger partial charge in [0.2, 0.25) is 0 Å². The molecular weight excluding hydrogens is 508 g/mol. The van der Waals surface area contributed by atoms with E-state index in [-0.39, 0.29) is 0 Å². The van der Waals surface area contributed by atoms with Gasteiger partial charge in [-0.2, -0.15) is 0 Å². The molecule has 0 radical (unpaired) electrons. The number of unbranched alkanes of at least 4 members (excludes halogenated alkanes) is 7. The Kier molecular flexibility index (Phi) is 24.7. The molecule has 1 atom stereocenters. The van der Waals surface area contributed by atoms with Crippen LogP contribution in [-0.2, 0) is 28.4 Å². The van der Waals surface area contributed by atoms with E-state index in [0.29, 0.717) is 32.5 Å². The second kappa shape index (κ2) is 27.5. The van der Waals surface area contributed by atoms with Crippen LogP contribution in [0.5, 0.6) is 0 Å². The molecule has 3 rings (SSSR count). The van der Waals surface area contributed by atoms with Crippen LogP contribution in [0.2, 0.25) is 0 Å². The number of rotatable bonds is 9. The monoisotopic (exact) mass is 572 g/mol. The zero-order chi connectivity index (χ0) is 28.2. The molecule has 0 aromatic rings. The van der Waals surface area contributed by atoms with Crippen molar-refractivity contribution in [3.63, 3.8) is 0 Å². The van der Waals surface area contributed by atoms with Gasteiger partial charge in [0, 0.05) is 59.1 Å². The molecule has 0 saturated carbocycles. The topological polar surface area (TPSA) is 61.9 Å². The number of hydrogen-bond donors (Lipinski definition) is 0. The molecule has 3 aliphatic heterocycles. The molecule has 8 nitrogen and oxygen atoms in total. The molecule has 3 saturated heterocycles. The third-order valence-electron chi connectivity index (χ3n) is 7.88. The molecule has 2 bridgehead atoms. The molecule has 0 N–H and O–H groups in total. The minimum atomic E-state index is 0.356. The van der Waals surface area contributed by atoms with Gasteiger partial charge in [-0.3, -0.25) is 9.80 Å². The number of nitrogens with zero attached hydrogens (tertiary/aromatic N) is 2. The number of ether oxygens (including phenoxy) is 6. The van der Waals surface area contributed by atoms with Gasteiger partial charge < -0.3 is 28.4 Å². The van der Waals surface area contributed by atoms with E-state index in [1.165, 1.54) is 57.8 Å². The lowest BCUT2D eigenvalue weighted by atomic mass is 10.0. The van der Waals surface area contributed by atoms with Gasteiger partial charge in [-0.1, -0.05) is 58.3 Å². The predicted molar refractivity (Wildman–Crippen MR) is 162 cm³/mol. The second-order valence-corrected chi connectivity index (χ2v) is 11.4. The van der Waals surface area contributed by atoms with Crippen LogP contribution < -0.4 is 0 Å². The van der Waals surface area contributed by atoms with Crippen LogP contribution in [0.3, 0.4) is 0 Å². The SMILES string of the molecule is CCCCCCCCCCC1CCCOCCCN2CCOCCOCCN(CCCO1)CCOCCOCC2. The van der Waals surface area contributed by atoms with Crippen molar-refractivity contribution < 1.29 is 28.4 Å². The number of hydrogen-bond acceptors (Lipinski definition) is 8. The summed E-state index contributed by atoms with van der Waals surface area (Å²) < 4.78 is 36.0. The van der Waals surface area contributed by atoms with Crippen molar-refractivity contribution in [3.05, 3.63) is 0 Å². The highest BCUT2D eigenvalue weighted by molar-refractivity contribution is 4.63. The quantitative estimate of drug-likeness (QED) is 0.351. The summed E-state index contributed by atoms with van der Waals surface area (Å²) in [5, 5.41) is 0. The van der Waals surface area contributed by atoms with Gasteiger partial charge in [-0.05, 0) is 32.1 Å². The lowest BCUT2D eigenvalue weighted by Gasteiger charge is -2.24. The summed E-state index contributed by atoms with van der Waals surface area (Å²) in [4.78, 5) is 4.87. The Morgan fingerprint density at radius 3 is 1.45 bits per heavy atom. The Labute approximate surface area is 246 Å². The molecule has 3 aliphatic rings. The van der Waals surface area contributed by atoms with Crippen molar-refractivity contribution in [3.8, 4) is 0 Å². The maximum absolute atomic E-state index is 6.46. The van der Waals surface area contributed by atoms with Gasteiger partial charge in [0.15, 0.2) is 0 Å². The summed E-state index contributed by atoms with van der Waals surface area (Å²) in [5.74, 6) is 0. The molecule has 3 fully saturated rings. The van der Waals surface area contributed by atoms with Gasteiger partial charge in [-0.15, -0.1) is 0 Å². The van der Waals surface area contributed by atoms with E-state index < -0.39 is 0 Å². The first kappa shape index (κ1) is 35.9. The van der Waals surface area contributed by atoms with Crippen LogP contribution in [0.4, 0.5) is 0 Å². The lowest BCUT2D eigenvalue weighted by molar-refractivity contribution is 0.000868. The highest BCUT2D eigenvalue weighted by Crippen LogP contribution is 2.15. The molecule has 0 aromatic carbocycles. The first-order chi connectivity index (χ1) is 19.9. The third kappa shape index (κ3) is 21.4. The predicted octanol–water partition coefficient (Wildman–Crippen LogP) is 5.18. The molecule has 0 aliphatic carbocycles.